The summed E-state index contributed by atoms with van der Waals surface area (Å²) >= 11 is 0. The summed E-state index contributed by atoms with van der Waals surface area (Å²) in [4.78, 5) is 14.1. The van der Waals surface area contributed by atoms with Crippen LogP contribution in [-0.4, -0.2) is 15.0 Å². The van der Waals surface area contributed by atoms with E-state index < -0.39 is 0 Å². The summed E-state index contributed by atoms with van der Waals surface area (Å²) in [6.45, 7) is 4.13. The van der Waals surface area contributed by atoms with Crippen molar-refractivity contribution in [3.63, 3.8) is 0 Å². The molecule has 7 aromatic rings. The van der Waals surface area contributed by atoms with Crippen molar-refractivity contribution in [1.82, 2.24) is 15.0 Å². The molecule has 0 atom stereocenters. The molecule has 4 nitrogen and oxygen atoms in total. The van der Waals surface area contributed by atoms with E-state index in [0.717, 1.165) is 44.2 Å². The number of pyridine rings is 1. The molecule has 0 saturated carbocycles. The van der Waals surface area contributed by atoms with Crippen LogP contribution >= 0.6 is 0 Å². The largest absolute Gasteiger partial charge is 0.437 e. The highest BCUT2D eigenvalue weighted by atomic mass is 16.3. The molecule has 0 aliphatic heterocycles. The second-order valence-corrected chi connectivity index (χ2v) is 8.61. The minimum atomic E-state index is 0.656. The van der Waals surface area contributed by atoms with E-state index in [4.69, 9.17) is 14.4 Å². The minimum absolute atomic E-state index is 0.656. The molecule has 0 saturated heterocycles. The van der Waals surface area contributed by atoms with Gasteiger partial charge in [-0.3, -0.25) is 0 Å². The van der Waals surface area contributed by atoms with E-state index in [-0.39, 0.29) is 0 Å². The van der Waals surface area contributed by atoms with Gasteiger partial charge in [-0.25, -0.2) is 15.0 Å². The topological polar surface area (TPSA) is 51.8 Å². The summed E-state index contributed by atoms with van der Waals surface area (Å²) in [5.74, 6) is 0. The van der Waals surface area contributed by atoms with Crippen LogP contribution in [0.2, 0.25) is 0 Å². The van der Waals surface area contributed by atoms with E-state index in [9.17, 15) is 0 Å². The molecule has 0 N–H and O–H groups in total. The van der Waals surface area contributed by atoms with Crippen molar-refractivity contribution in [1.29, 1.82) is 0 Å². The zero-order chi connectivity index (χ0) is 22.1. The number of fused-ring (bicyclic) bond motifs is 8. The Kier molecular flexibility index (Phi) is 3.65. The van der Waals surface area contributed by atoms with Crippen LogP contribution in [0.15, 0.2) is 83.5 Å². The molecule has 0 radical (unpaired) electrons. The fourth-order valence-corrected chi connectivity index (χ4v) is 5.10. The third kappa shape index (κ3) is 2.55. The molecule has 4 aromatic carbocycles. The first-order valence-corrected chi connectivity index (χ1v) is 11.0. The fourth-order valence-electron chi connectivity index (χ4n) is 5.10. The summed E-state index contributed by atoms with van der Waals surface area (Å²) in [5.41, 5.74) is 6.39. The van der Waals surface area contributed by atoms with Gasteiger partial charge in [0.2, 0.25) is 5.71 Å². The molecule has 0 spiro atoms. The van der Waals surface area contributed by atoms with Gasteiger partial charge in [-0.15, -0.1) is 0 Å². The van der Waals surface area contributed by atoms with Crippen LogP contribution < -0.4 is 0 Å². The molecule has 7 rings (SSSR count). The third-order valence-electron chi connectivity index (χ3n) is 6.58. The first-order valence-electron chi connectivity index (χ1n) is 11.0. The molecule has 0 bridgehead atoms. The zero-order valence-corrected chi connectivity index (χ0v) is 18.3. The van der Waals surface area contributed by atoms with E-state index >= 15 is 0 Å². The van der Waals surface area contributed by atoms with E-state index in [2.05, 4.69) is 78.6 Å². The maximum Gasteiger partial charge on any atom is 0.227 e. The lowest BCUT2D eigenvalue weighted by molar-refractivity contribution is 0.653. The minimum Gasteiger partial charge on any atom is -0.437 e. The summed E-state index contributed by atoms with van der Waals surface area (Å²) in [7, 11) is 0. The molecule has 4 heteroatoms. The standard InChI is InChI=1S/C29H19N3O/c1-16-14-18-6-3-4-7-19(18)20-12-13-23-26(30-15-31-27(23)25(16)20)24-9-5-8-21-22-11-10-17(2)32-29(22)33-28(21)24/h3-15H,1-2H3. The Balaban J connectivity index is 1.59. The average Bonchev–Trinajstić information content (AvgIpc) is 3.21. The predicted octanol–water partition coefficient (Wildman–Crippen LogP) is 7.51. The van der Waals surface area contributed by atoms with Crippen molar-refractivity contribution in [3.05, 3.63) is 90.4 Å². The Morgan fingerprint density at radius 2 is 1.52 bits per heavy atom. The van der Waals surface area contributed by atoms with Crippen LogP contribution in [0.5, 0.6) is 0 Å². The fraction of sp³-hybridized carbons (Fsp3) is 0.0690. The van der Waals surface area contributed by atoms with Crippen molar-refractivity contribution in [2.24, 2.45) is 0 Å². The maximum atomic E-state index is 6.27. The monoisotopic (exact) mass is 425 g/mol. The van der Waals surface area contributed by atoms with Crippen molar-refractivity contribution in [3.8, 4) is 11.3 Å². The van der Waals surface area contributed by atoms with Gasteiger partial charge >= 0.3 is 0 Å². The molecule has 0 aliphatic carbocycles. The highest BCUT2D eigenvalue weighted by molar-refractivity contribution is 6.20. The first kappa shape index (κ1) is 18.3. The second-order valence-electron chi connectivity index (χ2n) is 8.61. The number of nitrogens with zero attached hydrogens (tertiary/aromatic N) is 3. The third-order valence-corrected chi connectivity index (χ3v) is 6.58. The molecule has 0 amide bonds. The van der Waals surface area contributed by atoms with Gasteiger partial charge in [-0.1, -0.05) is 48.5 Å². The molecule has 0 unspecified atom stereocenters. The molecule has 156 valence electrons. The molecular formula is C29H19N3O. The first-order chi connectivity index (χ1) is 16.2. The van der Waals surface area contributed by atoms with Crippen molar-refractivity contribution >= 4 is 54.5 Å². The van der Waals surface area contributed by atoms with Gasteiger partial charge in [0.1, 0.15) is 11.9 Å². The Morgan fingerprint density at radius 1 is 0.697 bits per heavy atom. The maximum absolute atomic E-state index is 6.27. The molecule has 3 heterocycles. The van der Waals surface area contributed by atoms with Crippen molar-refractivity contribution in [2.45, 2.75) is 13.8 Å². The average molecular weight is 425 g/mol. The van der Waals surface area contributed by atoms with Crippen molar-refractivity contribution < 1.29 is 4.42 Å². The summed E-state index contributed by atoms with van der Waals surface area (Å²) in [5, 5.41) is 7.94. The number of hydrogen-bond acceptors (Lipinski definition) is 4. The zero-order valence-electron chi connectivity index (χ0n) is 18.3. The lowest BCUT2D eigenvalue weighted by Gasteiger charge is -2.12. The molecule has 0 fully saturated rings. The Morgan fingerprint density at radius 3 is 2.45 bits per heavy atom. The van der Waals surface area contributed by atoms with E-state index in [1.165, 1.54) is 27.1 Å². The van der Waals surface area contributed by atoms with Gasteiger partial charge < -0.3 is 4.42 Å². The number of aromatic nitrogens is 3. The van der Waals surface area contributed by atoms with Crippen LogP contribution in [0.4, 0.5) is 0 Å². The number of para-hydroxylation sites is 1. The molecule has 33 heavy (non-hydrogen) atoms. The molecule has 3 aromatic heterocycles. The van der Waals surface area contributed by atoms with E-state index in [0.29, 0.717) is 5.71 Å². The van der Waals surface area contributed by atoms with Gasteiger partial charge in [0, 0.05) is 32.8 Å². The predicted molar refractivity (Wildman–Crippen MR) is 135 cm³/mol. The van der Waals surface area contributed by atoms with Crippen LogP contribution in [0.3, 0.4) is 0 Å². The second kappa shape index (κ2) is 6.59. The lowest BCUT2D eigenvalue weighted by Crippen LogP contribution is -1.92. The lowest BCUT2D eigenvalue weighted by atomic mass is 9.94. The smallest absolute Gasteiger partial charge is 0.227 e. The molecular weight excluding hydrogens is 406 g/mol. The summed E-state index contributed by atoms with van der Waals surface area (Å²) < 4.78 is 6.27. The summed E-state index contributed by atoms with van der Waals surface area (Å²) in [6, 6.07) is 25.4. The van der Waals surface area contributed by atoms with Crippen LogP contribution in [0, 0.1) is 13.8 Å². The Labute approximate surface area is 189 Å². The van der Waals surface area contributed by atoms with Gasteiger partial charge in [-0.05, 0) is 59.8 Å². The number of benzene rings is 4. The summed E-state index contributed by atoms with van der Waals surface area (Å²) in [6.07, 6.45) is 1.66. The van der Waals surface area contributed by atoms with Crippen LogP contribution in [0.25, 0.3) is 65.8 Å². The van der Waals surface area contributed by atoms with Gasteiger partial charge in [0.25, 0.3) is 0 Å². The quantitative estimate of drug-likeness (QED) is 0.255. The number of hydrogen-bond donors (Lipinski definition) is 0. The number of rotatable bonds is 1. The normalized spacial score (nSPS) is 11.9. The Hall–Kier alpha value is -4.31. The van der Waals surface area contributed by atoms with Crippen LogP contribution in [0.1, 0.15) is 11.3 Å². The number of aryl methyl sites for hydroxylation is 2. The number of furan rings is 1. The van der Waals surface area contributed by atoms with Gasteiger partial charge in [-0.2, -0.15) is 0 Å². The van der Waals surface area contributed by atoms with Crippen LogP contribution in [-0.2, 0) is 0 Å². The molecule has 0 aliphatic rings. The van der Waals surface area contributed by atoms with E-state index in [1.807, 2.05) is 13.0 Å². The van der Waals surface area contributed by atoms with Gasteiger partial charge in [0.05, 0.1) is 11.2 Å². The Bertz CT molecular complexity index is 1900. The highest BCUT2D eigenvalue weighted by Crippen LogP contribution is 2.39. The van der Waals surface area contributed by atoms with E-state index in [1.54, 1.807) is 6.33 Å². The highest BCUT2D eigenvalue weighted by Gasteiger charge is 2.18. The SMILES string of the molecule is Cc1ccc2c(n1)oc1c(-c3ncnc4c3ccc3c5ccccc5cc(C)c34)cccc12. The van der Waals surface area contributed by atoms with Gasteiger partial charge in [0.15, 0.2) is 0 Å². The van der Waals surface area contributed by atoms with Crippen molar-refractivity contribution in [2.75, 3.05) is 0 Å².